The summed E-state index contributed by atoms with van der Waals surface area (Å²) in [4.78, 5) is 33.4. The molecule has 0 bridgehead atoms. The second-order valence-corrected chi connectivity index (χ2v) is 9.21. The Morgan fingerprint density at radius 2 is 1.81 bits per heavy atom. The van der Waals surface area contributed by atoms with Gasteiger partial charge in [-0.25, -0.2) is 4.98 Å². The van der Waals surface area contributed by atoms with Crippen LogP contribution in [0.25, 0.3) is 21.2 Å². The minimum absolute atomic E-state index is 0.0663. The van der Waals surface area contributed by atoms with Gasteiger partial charge in [-0.2, -0.15) is 0 Å². The Bertz CT molecular complexity index is 1600. The molecule has 1 amide bonds. The van der Waals surface area contributed by atoms with Crippen LogP contribution in [0.5, 0.6) is 0 Å². The molecule has 0 radical (unpaired) electrons. The van der Waals surface area contributed by atoms with Crippen molar-refractivity contribution in [2.24, 2.45) is 0 Å². The third kappa shape index (κ3) is 2.80. The molecule has 156 valence electrons. The number of thiazole rings is 1. The molecule has 0 N–H and O–H groups in total. The molecule has 0 fully saturated rings. The van der Waals surface area contributed by atoms with Gasteiger partial charge in [0.1, 0.15) is 5.58 Å². The number of fused-ring (bicyclic) bond motifs is 3. The first kappa shape index (κ1) is 19.2. The topological polar surface area (TPSA) is 63.4 Å². The molecule has 1 atom stereocenters. The van der Waals surface area contributed by atoms with E-state index in [1.54, 1.807) is 35.2 Å². The zero-order chi connectivity index (χ0) is 22.0. The number of hydrogen-bond acceptors (Lipinski definition) is 5. The van der Waals surface area contributed by atoms with Crippen molar-refractivity contribution in [3.63, 3.8) is 0 Å². The van der Waals surface area contributed by atoms with Crippen LogP contribution in [-0.2, 0) is 0 Å². The number of anilines is 1. The van der Waals surface area contributed by atoms with Gasteiger partial charge < -0.3 is 4.42 Å². The molecule has 7 heteroatoms. The van der Waals surface area contributed by atoms with E-state index in [9.17, 15) is 9.59 Å². The standard InChI is InChI=1S/C25H15ClN2O3S/c1-13-6-8-14(9-7-13)21-20-22(29)16-4-2-3-5-18(16)31-23(20)24(30)28(21)25-27-17-11-10-15(26)12-19(17)32-25/h2-12,21H,1H3. The summed E-state index contributed by atoms with van der Waals surface area (Å²) in [7, 11) is 0. The molecule has 0 aliphatic carbocycles. The van der Waals surface area contributed by atoms with E-state index < -0.39 is 6.04 Å². The molecule has 0 saturated heterocycles. The van der Waals surface area contributed by atoms with Gasteiger partial charge in [0, 0.05) is 5.02 Å². The second-order valence-electron chi connectivity index (χ2n) is 7.77. The summed E-state index contributed by atoms with van der Waals surface area (Å²) in [6.45, 7) is 1.99. The van der Waals surface area contributed by atoms with Crippen LogP contribution in [0.4, 0.5) is 5.13 Å². The Morgan fingerprint density at radius 1 is 1.03 bits per heavy atom. The molecule has 6 rings (SSSR count). The van der Waals surface area contributed by atoms with Crippen LogP contribution in [0, 0.1) is 6.92 Å². The molecule has 5 nitrogen and oxygen atoms in total. The predicted octanol–water partition coefficient (Wildman–Crippen LogP) is 6.11. The zero-order valence-electron chi connectivity index (χ0n) is 16.8. The summed E-state index contributed by atoms with van der Waals surface area (Å²) in [6, 6.07) is 19.6. The van der Waals surface area contributed by atoms with E-state index in [-0.39, 0.29) is 17.1 Å². The van der Waals surface area contributed by atoms with Crippen LogP contribution in [-0.4, -0.2) is 10.9 Å². The molecule has 2 aromatic heterocycles. The normalized spacial score (nSPS) is 15.6. The van der Waals surface area contributed by atoms with Gasteiger partial charge in [0.15, 0.2) is 10.6 Å². The van der Waals surface area contributed by atoms with Crippen molar-refractivity contribution in [2.45, 2.75) is 13.0 Å². The molecule has 0 saturated carbocycles. The fourth-order valence-corrected chi connectivity index (χ4v) is 5.44. The minimum atomic E-state index is -0.630. The van der Waals surface area contributed by atoms with Crippen LogP contribution in [0.2, 0.25) is 5.02 Å². The van der Waals surface area contributed by atoms with Gasteiger partial charge in [-0.15, -0.1) is 0 Å². The molecule has 0 spiro atoms. The first-order chi connectivity index (χ1) is 15.5. The number of aryl methyl sites for hydroxylation is 1. The quantitative estimate of drug-likeness (QED) is 0.320. The van der Waals surface area contributed by atoms with Gasteiger partial charge in [0.25, 0.3) is 5.91 Å². The van der Waals surface area contributed by atoms with E-state index in [1.807, 2.05) is 43.3 Å². The van der Waals surface area contributed by atoms with E-state index >= 15 is 0 Å². The molecular formula is C25H15ClN2O3S. The van der Waals surface area contributed by atoms with E-state index in [0.29, 0.717) is 26.7 Å². The Kier molecular flexibility index (Phi) is 4.22. The number of halogens is 1. The number of carbonyl (C=O) groups excluding carboxylic acids is 1. The molecule has 3 heterocycles. The van der Waals surface area contributed by atoms with E-state index in [0.717, 1.165) is 21.3 Å². The van der Waals surface area contributed by atoms with Crippen molar-refractivity contribution < 1.29 is 9.21 Å². The summed E-state index contributed by atoms with van der Waals surface area (Å²) >= 11 is 7.51. The predicted molar refractivity (Wildman–Crippen MR) is 127 cm³/mol. The van der Waals surface area contributed by atoms with E-state index in [2.05, 4.69) is 4.98 Å². The number of hydrogen-bond donors (Lipinski definition) is 0. The SMILES string of the molecule is Cc1ccc(C2c3c(oc4ccccc4c3=O)C(=O)N2c2nc3ccc(Cl)cc3s2)cc1. The lowest BCUT2D eigenvalue weighted by Crippen LogP contribution is -2.29. The highest BCUT2D eigenvalue weighted by molar-refractivity contribution is 7.22. The first-order valence-electron chi connectivity index (χ1n) is 10.0. The molecule has 1 aliphatic rings. The lowest BCUT2D eigenvalue weighted by molar-refractivity contribution is 0.0971. The van der Waals surface area contributed by atoms with Crippen LogP contribution >= 0.6 is 22.9 Å². The first-order valence-corrected chi connectivity index (χ1v) is 11.2. The molecule has 5 aromatic rings. The summed E-state index contributed by atoms with van der Waals surface area (Å²) in [5.41, 5.74) is 3.19. The lowest BCUT2D eigenvalue weighted by Gasteiger charge is -2.22. The fourth-order valence-electron chi connectivity index (χ4n) is 4.17. The monoisotopic (exact) mass is 458 g/mol. The van der Waals surface area contributed by atoms with Gasteiger partial charge >= 0.3 is 0 Å². The summed E-state index contributed by atoms with van der Waals surface area (Å²) in [6.07, 6.45) is 0. The zero-order valence-corrected chi connectivity index (χ0v) is 18.4. The summed E-state index contributed by atoms with van der Waals surface area (Å²) < 4.78 is 6.85. The van der Waals surface area contributed by atoms with Gasteiger partial charge in [0.2, 0.25) is 5.76 Å². The smallest absolute Gasteiger partial charge is 0.297 e. The van der Waals surface area contributed by atoms with Crippen molar-refractivity contribution >= 4 is 55.2 Å². The van der Waals surface area contributed by atoms with Crippen LogP contribution < -0.4 is 10.3 Å². The highest BCUT2D eigenvalue weighted by Crippen LogP contribution is 2.43. The number of amides is 1. The Labute approximate surface area is 191 Å². The number of carbonyl (C=O) groups is 1. The minimum Gasteiger partial charge on any atom is -0.450 e. The molecule has 1 aliphatic heterocycles. The highest BCUT2D eigenvalue weighted by atomic mass is 35.5. The Morgan fingerprint density at radius 3 is 2.62 bits per heavy atom. The van der Waals surface area contributed by atoms with E-state index in [1.165, 1.54) is 11.3 Å². The number of benzene rings is 3. The lowest BCUT2D eigenvalue weighted by atomic mass is 9.98. The third-order valence-corrected chi connectivity index (χ3v) is 6.97. The molecule has 3 aromatic carbocycles. The van der Waals surface area contributed by atoms with Crippen molar-refractivity contribution in [2.75, 3.05) is 4.90 Å². The van der Waals surface area contributed by atoms with Crippen molar-refractivity contribution in [1.29, 1.82) is 0 Å². The summed E-state index contributed by atoms with van der Waals surface area (Å²) in [5.74, 6) is -0.310. The van der Waals surface area contributed by atoms with E-state index in [4.69, 9.17) is 16.0 Å². The average molecular weight is 459 g/mol. The van der Waals surface area contributed by atoms with Crippen molar-refractivity contribution in [1.82, 2.24) is 4.98 Å². The van der Waals surface area contributed by atoms with Gasteiger partial charge in [-0.05, 0) is 42.8 Å². The summed E-state index contributed by atoms with van der Waals surface area (Å²) in [5, 5.41) is 1.55. The largest absolute Gasteiger partial charge is 0.450 e. The Balaban J connectivity index is 1.64. The highest BCUT2D eigenvalue weighted by Gasteiger charge is 2.44. The maximum Gasteiger partial charge on any atom is 0.297 e. The van der Waals surface area contributed by atoms with Gasteiger partial charge in [-0.1, -0.05) is 64.9 Å². The second kappa shape index (κ2) is 7.02. The van der Waals surface area contributed by atoms with Crippen LogP contribution in [0.1, 0.15) is 33.3 Å². The third-order valence-electron chi connectivity index (χ3n) is 5.72. The average Bonchev–Trinajstić information content (AvgIpc) is 3.33. The van der Waals surface area contributed by atoms with Crippen LogP contribution in [0.15, 0.2) is 75.9 Å². The van der Waals surface area contributed by atoms with Crippen LogP contribution in [0.3, 0.4) is 0 Å². The number of para-hydroxylation sites is 1. The number of nitrogens with zero attached hydrogens (tertiary/aromatic N) is 2. The maximum absolute atomic E-state index is 13.6. The molecular weight excluding hydrogens is 444 g/mol. The number of aromatic nitrogens is 1. The molecule has 1 unspecified atom stereocenters. The maximum atomic E-state index is 13.6. The fraction of sp³-hybridized carbons (Fsp3) is 0.0800. The number of rotatable bonds is 2. The van der Waals surface area contributed by atoms with Gasteiger partial charge in [0.05, 0.1) is 27.2 Å². The van der Waals surface area contributed by atoms with Crippen molar-refractivity contribution in [3.8, 4) is 0 Å². The van der Waals surface area contributed by atoms with Gasteiger partial charge in [-0.3, -0.25) is 14.5 Å². The molecule has 32 heavy (non-hydrogen) atoms. The Hall–Kier alpha value is -3.48. The van der Waals surface area contributed by atoms with Crippen molar-refractivity contribution in [3.05, 3.63) is 104 Å².